The van der Waals surface area contributed by atoms with E-state index < -0.39 is 12.7 Å². The second-order valence-corrected chi connectivity index (χ2v) is 7.12. The van der Waals surface area contributed by atoms with Gasteiger partial charge in [-0.2, -0.15) is 13.2 Å². The number of nitrogens with one attached hydrogen (secondary N) is 1. The minimum atomic E-state index is -4.10. The molecule has 0 aliphatic carbocycles. The fourth-order valence-corrected chi connectivity index (χ4v) is 3.47. The number of aliphatic imine (C=N–C) groups is 1. The smallest absolute Gasteiger partial charge is 0.379 e. The van der Waals surface area contributed by atoms with Crippen molar-refractivity contribution in [2.24, 2.45) is 16.6 Å². The molecule has 0 spiro atoms. The van der Waals surface area contributed by atoms with E-state index in [1.807, 2.05) is 0 Å². The average molecular weight is 379 g/mol. The van der Waals surface area contributed by atoms with Crippen molar-refractivity contribution >= 4 is 5.96 Å². The lowest BCUT2D eigenvalue weighted by Crippen LogP contribution is -2.41. The first-order chi connectivity index (χ1) is 12.4. The van der Waals surface area contributed by atoms with Crippen molar-refractivity contribution in [2.75, 3.05) is 65.6 Å². The summed E-state index contributed by atoms with van der Waals surface area (Å²) in [6.45, 7) is 6.28. The zero-order chi connectivity index (χ0) is 18.8. The molecule has 152 valence electrons. The average Bonchev–Trinajstić information content (AvgIpc) is 2.60. The van der Waals surface area contributed by atoms with E-state index >= 15 is 0 Å². The molecule has 0 bridgehead atoms. The van der Waals surface area contributed by atoms with Gasteiger partial charge in [-0.05, 0) is 44.7 Å². The molecule has 0 saturated carbocycles. The lowest BCUT2D eigenvalue weighted by Gasteiger charge is -2.32. The van der Waals surface area contributed by atoms with Crippen LogP contribution in [0.5, 0.6) is 0 Å². The maximum absolute atomic E-state index is 12.4. The monoisotopic (exact) mass is 379 g/mol. The van der Waals surface area contributed by atoms with Gasteiger partial charge in [-0.3, -0.25) is 14.8 Å². The maximum Gasteiger partial charge on any atom is 0.401 e. The van der Waals surface area contributed by atoms with Crippen LogP contribution in [0.1, 0.15) is 25.7 Å². The van der Waals surface area contributed by atoms with E-state index in [1.165, 1.54) is 4.90 Å². The second-order valence-electron chi connectivity index (χ2n) is 7.12. The molecule has 0 unspecified atom stereocenters. The molecule has 2 fully saturated rings. The Morgan fingerprint density at radius 2 is 1.81 bits per heavy atom. The fraction of sp³-hybridized carbons (Fsp3) is 0.941. The number of piperidine rings is 1. The minimum absolute atomic E-state index is 0.459. The highest BCUT2D eigenvalue weighted by molar-refractivity contribution is 5.77. The summed E-state index contributed by atoms with van der Waals surface area (Å²) in [5, 5.41) is 3.12. The van der Waals surface area contributed by atoms with Gasteiger partial charge >= 0.3 is 6.18 Å². The van der Waals surface area contributed by atoms with Crippen LogP contribution in [0.25, 0.3) is 0 Å². The lowest BCUT2D eigenvalue weighted by molar-refractivity contribution is -0.148. The first-order valence-corrected chi connectivity index (χ1v) is 9.55. The Hall–Kier alpha value is -1.06. The molecular weight excluding hydrogens is 347 g/mol. The van der Waals surface area contributed by atoms with Crippen LogP contribution in [-0.2, 0) is 4.74 Å². The molecule has 3 N–H and O–H groups in total. The topological polar surface area (TPSA) is 66.1 Å². The summed E-state index contributed by atoms with van der Waals surface area (Å²) in [5.41, 5.74) is 5.87. The minimum Gasteiger partial charge on any atom is -0.379 e. The number of hydrogen-bond donors (Lipinski definition) is 2. The summed E-state index contributed by atoms with van der Waals surface area (Å²) in [4.78, 5) is 8.20. The summed E-state index contributed by atoms with van der Waals surface area (Å²) in [6.07, 6.45) is -0.576. The van der Waals surface area contributed by atoms with E-state index in [4.69, 9.17) is 10.5 Å². The van der Waals surface area contributed by atoms with Gasteiger partial charge in [0, 0.05) is 32.7 Å². The van der Waals surface area contributed by atoms with Gasteiger partial charge in [-0.15, -0.1) is 0 Å². The molecule has 2 aliphatic rings. The van der Waals surface area contributed by atoms with Crippen LogP contribution in [0.2, 0.25) is 0 Å². The van der Waals surface area contributed by atoms with Crippen LogP contribution in [-0.4, -0.2) is 87.5 Å². The molecule has 0 aromatic carbocycles. The number of hydrogen-bond acceptors (Lipinski definition) is 4. The molecule has 2 aliphatic heterocycles. The van der Waals surface area contributed by atoms with Crippen molar-refractivity contribution in [3.63, 3.8) is 0 Å². The van der Waals surface area contributed by atoms with Gasteiger partial charge in [0.1, 0.15) is 0 Å². The lowest BCUT2D eigenvalue weighted by atomic mass is 9.93. The summed E-state index contributed by atoms with van der Waals surface area (Å²) >= 11 is 0. The largest absolute Gasteiger partial charge is 0.401 e. The number of nitrogens with two attached hydrogens (primary N) is 1. The third-order valence-electron chi connectivity index (χ3n) is 4.99. The first kappa shape index (κ1) is 21.2. The van der Waals surface area contributed by atoms with E-state index in [9.17, 15) is 13.2 Å². The Kier molecular flexibility index (Phi) is 8.94. The van der Waals surface area contributed by atoms with Crippen LogP contribution in [0, 0.1) is 5.92 Å². The molecule has 2 rings (SSSR count). The number of halogens is 3. The van der Waals surface area contributed by atoms with Crippen LogP contribution in [0.3, 0.4) is 0 Å². The molecule has 0 amide bonds. The van der Waals surface area contributed by atoms with Gasteiger partial charge in [-0.1, -0.05) is 0 Å². The first-order valence-electron chi connectivity index (χ1n) is 9.55. The van der Waals surface area contributed by atoms with Crippen molar-refractivity contribution in [3.05, 3.63) is 0 Å². The predicted molar refractivity (Wildman–Crippen MR) is 96.2 cm³/mol. The number of nitrogens with zero attached hydrogens (tertiary/aromatic N) is 3. The standard InChI is InChI=1S/C17H32F3N5O/c18-17(19,20)14-25-8-3-15(4-9-25)2-6-23-16(21)22-5-1-7-24-10-12-26-13-11-24/h15H,1-14H2,(H3,21,22,23). The van der Waals surface area contributed by atoms with Gasteiger partial charge < -0.3 is 15.8 Å². The zero-order valence-electron chi connectivity index (χ0n) is 15.4. The highest BCUT2D eigenvalue weighted by Gasteiger charge is 2.32. The van der Waals surface area contributed by atoms with E-state index in [2.05, 4.69) is 15.2 Å². The highest BCUT2D eigenvalue weighted by atomic mass is 19.4. The Morgan fingerprint density at radius 3 is 2.46 bits per heavy atom. The number of morpholine rings is 1. The van der Waals surface area contributed by atoms with Gasteiger partial charge in [0.15, 0.2) is 5.96 Å². The van der Waals surface area contributed by atoms with Crippen LogP contribution >= 0.6 is 0 Å². The van der Waals surface area contributed by atoms with E-state index in [0.717, 1.165) is 65.1 Å². The predicted octanol–water partition coefficient (Wildman–Crippen LogP) is 1.28. The fourth-order valence-electron chi connectivity index (χ4n) is 3.47. The third-order valence-corrected chi connectivity index (χ3v) is 4.99. The molecule has 2 saturated heterocycles. The van der Waals surface area contributed by atoms with Gasteiger partial charge in [0.05, 0.1) is 19.8 Å². The molecule has 26 heavy (non-hydrogen) atoms. The molecule has 0 aromatic heterocycles. The molecule has 6 nitrogen and oxygen atoms in total. The Balaban J connectivity index is 1.49. The van der Waals surface area contributed by atoms with Crippen molar-refractivity contribution in [2.45, 2.75) is 31.9 Å². The van der Waals surface area contributed by atoms with Gasteiger partial charge in [0.2, 0.25) is 0 Å². The zero-order valence-corrected chi connectivity index (χ0v) is 15.4. The Bertz CT molecular complexity index is 419. The van der Waals surface area contributed by atoms with Crippen molar-refractivity contribution in [3.8, 4) is 0 Å². The highest BCUT2D eigenvalue weighted by Crippen LogP contribution is 2.23. The van der Waals surface area contributed by atoms with Crippen molar-refractivity contribution < 1.29 is 17.9 Å². The Labute approximate surface area is 153 Å². The van der Waals surface area contributed by atoms with E-state index in [-0.39, 0.29) is 0 Å². The van der Waals surface area contributed by atoms with Crippen LogP contribution in [0.4, 0.5) is 13.2 Å². The number of guanidine groups is 1. The normalized spacial score (nSPS) is 21.9. The van der Waals surface area contributed by atoms with Crippen molar-refractivity contribution in [1.29, 1.82) is 0 Å². The third kappa shape index (κ3) is 9.05. The maximum atomic E-state index is 12.4. The SMILES string of the molecule is NC(=NCCCN1CCOCC1)NCCC1CCN(CC(F)(F)F)CC1. The summed E-state index contributed by atoms with van der Waals surface area (Å²) in [5.74, 6) is 0.919. The van der Waals surface area contributed by atoms with Crippen molar-refractivity contribution in [1.82, 2.24) is 15.1 Å². The number of alkyl halides is 3. The summed E-state index contributed by atoms with van der Waals surface area (Å²) in [7, 11) is 0. The number of ether oxygens (including phenoxy) is 1. The molecule has 2 heterocycles. The van der Waals surface area contributed by atoms with E-state index in [0.29, 0.717) is 31.5 Å². The summed E-state index contributed by atoms with van der Waals surface area (Å²) in [6, 6.07) is 0. The van der Waals surface area contributed by atoms with Gasteiger partial charge in [-0.25, -0.2) is 0 Å². The quantitative estimate of drug-likeness (QED) is 0.378. The number of rotatable bonds is 8. The van der Waals surface area contributed by atoms with Crippen LogP contribution < -0.4 is 11.1 Å². The molecular formula is C17H32F3N5O. The van der Waals surface area contributed by atoms with Crippen LogP contribution in [0.15, 0.2) is 4.99 Å². The molecule has 0 radical (unpaired) electrons. The second kappa shape index (κ2) is 10.9. The molecule has 0 atom stereocenters. The molecule has 0 aromatic rings. The van der Waals surface area contributed by atoms with Gasteiger partial charge in [0.25, 0.3) is 0 Å². The molecule has 9 heteroatoms. The van der Waals surface area contributed by atoms with E-state index in [1.54, 1.807) is 0 Å². The number of likely N-dealkylation sites (tertiary alicyclic amines) is 1. The Morgan fingerprint density at radius 1 is 1.12 bits per heavy atom. The summed E-state index contributed by atoms with van der Waals surface area (Å²) < 4.78 is 42.4.